The molecular formula is C19H22N2O3S. The molecule has 132 valence electrons. The van der Waals surface area contributed by atoms with Crippen LogP contribution in [0, 0.1) is 5.92 Å². The molecule has 25 heavy (non-hydrogen) atoms. The highest BCUT2D eigenvalue weighted by molar-refractivity contribution is 7.89. The predicted octanol–water partition coefficient (Wildman–Crippen LogP) is 2.82. The van der Waals surface area contributed by atoms with Gasteiger partial charge in [-0.2, -0.15) is 4.31 Å². The van der Waals surface area contributed by atoms with E-state index < -0.39 is 16.2 Å². The van der Waals surface area contributed by atoms with E-state index in [4.69, 9.17) is 0 Å². The van der Waals surface area contributed by atoms with Crippen LogP contribution in [-0.2, 0) is 10.0 Å². The summed E-state index contributed by atoms with van der Waals surface area (Å²) < 4.78 is 27.5. The van der Waals surface area contributed by atoms with E-state index in [0.717, 1.165) is 0 Å². The normalized spacial score (nSPS) is 18.7. The molecule has 1 heterocycles. The van der Waals surface area contributed by atoms with Crippen LogP contribution >= 0.6 is 0 Å². The van der Waals surface area contributed by atoms with Crippen LogP contribution in [0.25, 0.3) is 0 Å². The van der Waals surface area contributed by atoms with Crippen LogP contribution in [-0.4, -0.2) is 42.8 Å². The van der Waals surface area contributed by atoms with Crippen LogP contribution in [0.15, 0.2) is 65.6 Å². The van der Waals surface area contributed by atoms with E-state index in [1.165, 1.54) is 4.31 Å². The number of hydrogen-bond acceptors (Lipinski definition) is 3. The van der Waals surface area contributed by atoms with Gasteiger partial charge in [-0.05, 0) is 30.2 Å². The van der Waals surface area contributed by atoms with Crippen molar-refractivity contribution in [1.82, 2.24) is 9.21 Å². The summed E-state index contributed by atoms with van der Waals surface area (Å²) in [5.74, 6) is -0.154. The van der Waals surface area contributed by atoms with E-state index in [1.807, 2.05) is 32.0 Å². The molecule has 0 spiro atoms. The summed E-state index contributed by atoms with van der Waals surface area (Å²) in [6.45, 7) is 4.57. The van der Waals surface area contributed by atoms with Crippen LogP contribution in [0.4, 0.5) is 0 Å². The number of hydrogen-bond donors (Lipinski definition) is 0. The molecule has 2 aromatic rings. The lowest BCUT2D eigenvalue weighted by Crippen LogP contribution is -2.47. The molecule has 1 aliphatic rings. The average Bonchev–Trinajstić information content (AvgIpc) is 3.09. The second-order valence-corrected chi connectivity index (χ2v) is 8.34. The van der Waals surface area contributed by atoms with Gasteiger partial charge in [0.25, 0.3) is 5.91 Å². The molecule has 3 rings (SSSR count). The molecule has 1 amide bonds. The molecule has 2 aromatic carbocycles. The predicted molar refractivity (Wildman–Crippen MR) is 96.4 cm³/mol. The Balaban J connectivity index is 1.94. The zero-order chi connectivity index (χ0) is 18.0. The van der Waals surface area contributed by atoms with Gasteiger partial charge in [-0.1, -0.05) is 50.2 Å². The van der Waals surface area contributed by atoms with Gasteiger partial charge in [-0.25, -0.2) is 8.42 Å². The smallest absolute Gasteiger partial charge is 0.255 e. The maximum atomic E-state index is 13.0. The molecule has 0 radical (unpaired) electrons. The van der Waals surface area contributed by atoms with E-state index in [9.17, 15) is 13.2 Å². The topological polar surface area (TPSA) is 57.7 Å². The summed E-state index contributed by atoms with van der Waals surface area (Å²) in [6.07, 6.45) is -0.488. The van der Waals surface area contributed by atoms with Gasteiger partial charge in [0.15, 0.2) is 0 Å². The summed E-state index contributed by atoms with van der Waals surface area (Å²) in [5, 5.41) is 0. The highest BCUT2D eigenvalue weighted by Gasteiger charge is 2.43. The Hall–Kier alpha value is -2.18. The van der Waals surface area contributed by atoms with Crippen LogP contribution in [0.2, 0.25) is 0 Å². The van der Waals surface area contributed by atoms with Gasteiger partial charge in [0.2, 0.25) is 10.0 Å². The number of rotatable bonds is 4. The van der Waals surface area contributed by atoms with Gasteiger partial charge >= 0.3 is 0 Å². The molecule has 0 N–H and O–H groups in total. The molecule has 1 aliphatic heterocycles. The fraction of sp³-hybridized carbons (Fsp3) is 0.316. The third-order valence-electron chi connectivity index (χ3n) is 4.40. The Bertz CT molecular complexity index is 835. The van der Waals surface area contributed by atoms with Crippen LogP contribution in [0.1, 0.15) is 24.2 Å². The average molecular weight is 358 g/mol. The maximum Gasteiger partial charge on any atom is 0.255 e. The van der Waals surface area contributed by atoms with Gasteiger partial charge in [0, 0.05) is 18.7 Å². The summed E-state index contributed by atoms with van der Waals surface area (Å²) in [5.41, 5.74) is 0.576. The van der Waals surface area contributed by atoms with Gasteiger partial charge in [-0.15, -0.1) is 0 Å². The first-order chi connectivity index (χ1) is 11.9. The zero-order valence-corrected chi connectivity index (χ0v) is 15.2. The Labute approximate surface area is 148 Å². The zero-order valence-electron chi connectivity index (χ0n) is 14.4. The quantitative estimate of drug-likeness (QED) is 0.844. The highest BCUT2D eigenvalue weighted by Crippen LogP contribution is 2.29. The van der Waals surface area contributed by atoms with Crippen molar-refractivity contribution in [3.63, 3.8) is 0 Å². The van der Waals surface area contributed by atoms with Crippen molar-refractivity contribution in [3.05, 3.63) is 66.2 Å². The fourth-order valence-corrected chi connectivity index (χ4v) is 5.01. The molecule has 0 aliphatic carbocycles. The molecular weight excluding hydrogens is 336 g/mol. The number of carbonyl (C=O) groups is 1. The van der Waals surface area contributed by atoms with Gasteiger partial charge < -0.3 is 4.90 Å². The third kappa shape index (κ3) is 3.32. The number of nitrogens with zero attached hydrogens (tertiary/aromatic N) is 2. The van der Waals surface area contributed by atoms with Crippen LogP contribution in [0.3, 0.4) is 0 Å². The second-order valence-electron chi connectivity index (χ2n) is 6.45. The summed E-state index contributed by atoms with van der Waals surface area (Å²) in [6, 6.07) is 17.4. The van der Waals surface area contributed by atoms with E-state index in [1.54, 1.807) is 47.4 Å². The molecule has 0 aromatic heterocycles. The van der Waals surface area contributed by atoms with Crippen molar-refractivity contribution in [2.75, 3.05) is 13.1 Å². The maximum absolute atomic E-state index is 13.0. The lowest BCUT2D eigenvalue weighted by Gasteiger charge is -2.32. The monoisotopic (exact) mass is 358 g/mol. The lowest BCUT2D eigenvalue weighted by atomic mass is 10.1. The number of carbonyl (C=O) groups excluding carboxylic acids is 1. The van der Waals surface area contributed by atoms with Crippen molar-refractivity contribution in [2.45, 2.75) is 24.9 Å². The molecule has 1 fully saturated rings. The van der Waals surface area contributed by atoms with Crippen LogP contribution < -0.4 is 0 Å². The van der Waals surface area contributed by atoms with Crippen LogP contribution in [0.5, 0.6) is 0 Å². The highest BCUT2D eigenvalue weighted by atomic mass is 32.2. The van der Waals surface area contributed by atoms with Gasteiger partial charge in [-0.3, -0.25) is 4.79 Å². The Kier molecular flexibility index (Phi) is 4.92. The third-order valence-corrected chi connectivity index (χ3v) is 6.29. The van der Waals surface area contributed by atoms with E-state index in [2.05, 4.69) is 0 Å². The molecule has 5 nitrogen and oxygen atoms in total. The van der Waals surface area contributed by atoms with Crippen molar-refractivity contribution in [3.8, 4) is 0 Å². The molecule has 1 atom stereocenters. The molecule has 0 saturated carbocycles. The fourth-order valence-electron chi connectivity index (χ4n) is 3.28. The lowest BCUT2D eigenvalue weighted by molar-refractivity contribution is 0.0633. The van der Waals surface area contributed by atoms with Crippen molar-refractivity contribution in [2.24, 2.45) is 5.92 Å². The second kappa shape index (κ2) is 6.98. The minimum absolute atomic E-state index is 0.0198. The molecule has 0 unspecified atom stereocenters. The largest absolute Gasteiger partial charge is 0.320 e. The van der Waals surface area contributed by atoms with Crippen molar-refractivity contribution in [1.29, 1.82) is 0 Å². The van der Waals surface area contributed by atoms with Crippen molar-refractivity contribution >= 4 is 15.9 Å². The Morgan fingerprint density at radius 3 is 2.08 bits per heavy atom. The first-order valence-electron chi connectivity index (χ1n) is 8.36. The first-order valence-corrected chi connectivity index (χ1v) is 9.80. The van der Waals surface area contributed by atoms with E-state index in [0.29, 0.717) is 18.7 Å². The van der Waals surface area contributed by atoms with Crippen molar-refractivity contribution < 1.29 is 13.2 Å². The van der Waals surface area contributed by atoms with E-state index in [-0.39, 0.29) is 16.7 Å². The summed E-state index contributed by atoms with van der Waals surface area (Å²) in [7, 11) is -3.64. The Morgan fingerprint density at radius 2 is 1.52 bits per heavy atom. The molecule has 0 bridgehead atoms. The Morgan fingerprint density at radius 1 is 0.960 bits per heavy atom. The molecule has 6 heteroatoms. The minimum atomic E-state index is -3.64. The number of benzene rings is 2. The minimum Gasteiger partial charge on any atom is -0.320 e. The standard InChI is InChI=1S/C19H22N2O3S/c1-15(2)18-20(19(22)16-9-5-3-6-10-16)13-14-21(18)25(23,24)17-11-7-4-8-12-17/h3-12,15,18H,13-14H2,1-2H3/t18-/m1/s1. The van der Waals surface area contributed by atoms with Gasteiger partial charge in [0.1, 0.15) is 6.17 Å². The summed E-state index contributed by atoms with van der Waals surface area (Å²) in [4.78, 5) is 14.8. The molecule has 1 saturated heterocycles. The first kappa shape index (κ1) is 17.6. The van der Waals surface area contributed by atoms with Gasteiger partial charge in [0.05, 0.1) is 4.90 Å². The SMILES string of the molecule is CC(C)[C@@H]1N(C(=O)c2ccccc2)CCN1S(=O)(=O)c1ccccc1. The number of sulfonamides is 1. The summed E-state index contributed by atoms with van der Waals surface area (Å²) >= 11 is 0. The number of amides is 1. The van der Waals surface area contributed by atoms with E-state index >= 15 is 0 Å².